The molecular formula is C16H19N5O4. The van der Waals surface area contributed by atoms with Gasteiger partial charge in [0.25, 0.3) is 5.91 Å². The van der Waals surface area contributed by atoms with Gasteiger partial charge in [-0.3, -0.25) is 10.1 Å². The lowest BCUT2D eigenvalue weighted by molar-refractivity contribution is -0.123. The largest absolute Gasteiger partial charge is 0.451 e. The van der Waals surface area contributed by atoms with Crippen LogP contribution in [0.1, 0.15) is 29.4 Å². The Kier molecular flexibility index (Phi) is 6.64. The molecule has 2 aromatic rings. The first kappa shape index (κ1) is 18.1. The molecule has 0 aliphatic heterocycles. The number of aromatic nitrogens is 3. The molecule has 0 saturated heterocycles. The molecule has 0 fully saturated rings. The number of carbonyl (C=O) groups is 3. The smallest absolute Gasteiger partial charge is 0.361 e. The molecule has 0 saturated carbocycles. The van der Waals surface area contributed by atoms with Gasteiger partial charge in [-0.2, -0.15) is 0 Å². The van der Waals surface area contributed by atoms with Crippen LogP contribution in [0.15, 0.2) is 36.5 Å². The van der Waals surface area contributed by atoms with E-state index >= 15 is 0 Å². The van der Waals surface area contributed by atoms with Crippen molar-refractivity contribution in [3.05, 3.63) is 47.8 Å². The van der Waals surface area contributed by atoms with E-state index in [4.69, 9.17) is 4.74 Å². The van der Waals surface area contributed by atoms with Gasteiger partial charge in [-0.15, -0.1) is 5.10 Å². The highest BCUT2D eigenvalue weighted by molar-refractivity contribution is 5.96. The number of imide groups is 1. The van der Waals surface area contributed by atoms with E-state index in [1.54, 1.807) is 0 Å². The van der Waals surface area contributed by atoms with Crippen molar-refractivity contribution in [2.75, 3.05) is 13.2 Å². The van der Waals surface area contributed by atoms with Crippen molar-refractivity contribution >= 4 is 17.9 Å². The fraction of sp³-hybridized carbons (Fsp3) is 0.312. The minimum Gasteiger partial charge on any atom is -0.451 e. The molecule has 1 heterocycles. The van der Waals surface area contributed by atoms with Crippen LogP contribution in [-0.2, 0) is 16.1 Å². The Labute approximate surface area is 144 Å². The van der Waals surface area contributed by atoms with E-state index in [1.165, 1.54) is 10.9 Å². The van der Waals surface area contributed by atoms with Gasteiger partial charge in [0, 0.05) is 6.54 Å². The summed E-state index contributed by atoms with van der Waals surface area (Å²) in [5.41, 5.74) is 0.990. The van der Waals surface area contributed by atoms with Crippen molar-refractivity contribution in [3.8, 4) is 0 Å². The fourth-order valence-electron chi connectivity index (χ4n) is 1.89. The SMILES string of the molecule is CCCNC(=O)NC(=O)COC(=O)c1cn(Cc2ccccc2)nn1. The molecule has 0 bridgehead atoms. The van der Waals surface area contributed by atoms with E-state index in [9.17, 15) is 14.4 Å². The first-order valence-electron chi connectivity index (χ1n) is 7.77. The van der Waals surface area contributed by atoms with Crippen molar-refractivity contribution in [1.82, 2.24) is 25.6 Å². The van der Waals surface area contributed by atoms with E-state index in [1.807, 2.05) is 37.3 Å². The Morgan fingerprint density at radius 3 is 2.68 bits per heavy atom. The number of hydrogen-bond acceptors (Lipinski definition) is 6. The van der Waals surface area contributed by atoms with Crippen LogP contribution >= 0.6 is 0 Å². The zero-order chi connectivity index (χ0) is 18.1. The second-order valence-corrected chi connectivity index (χ2v) is 5.17. The molecule has 0 aliphatic carbocycles. The van der Waals surface area contributed by atoms with E-state index in [0.717, 1.165) is 12.0 Å². The minimum atomic E-state index is -0.788. The molecular weight excluding hydrogens is 326 g/mol. The number of benzene rings is 1. The monoisotopic (exact) mass is 345 g/mol. The van der Waals surface area contributed by atoms with Crippen LogP contribution in [0.2, 0.25) is 0 Å². The van der Waals surface area contributed by atoms with Gasteiger partial charge < -0.3 is 10.1 Å². The number of ether oxygens (including phenoxy) is 1. The summed E-state index contributed by atoms with van der Waals surface area (Å²) in [4.78, 5) is 34.7. The summed E-state index contributed by atoms with van der Waals surface area (Å²) >= 11 is 0. The van der Waals surface area contributed by atoms with Gasteiger partial charge in [-0.25, -0.2) is 14.3 Å². The maximum absolute atomic E-state index is 11.9. The maximum atomic E-state index is 11.9. The number of rotatable bonds is 7. The highest BCUT2D eigenvalue weighted by Gasteiger charge is 2.15. The predicted molar refractivity (Wildman–Crippen MR) is 87.7 cm³/mol. The topological polar surface area (TPSA) is 115 Å². The van der Waals surface area contributed by atoms with Gasteiger partial charge in [0.2, 0.25) is 0 Å². The maximum Gasteiger partial charge on any atom is 0.361 e. The molecule has 9 heteroatoms. The summed E-state index contributed by atoms with van der Waals surface area (Å²) < 4.78 is 6.30. The summed E-state index contributed by atoms with van der Waals surface area (Å²) in [5, 5.41) is 12.1. The van der Waals surface area contributed by atoms with Crippen LogP contribution in [0.25, 0.3) is 0 Å². The summed E-state index contributed by atoms with van der Waals surface area (Å²) in [6, 6.07) is 8.92. The number of hydrogen-bond donors (Lipinski definition) is 2. The highest BCUT2D eigenvalue weighted by atomic mass is 16.5. The van der Waals surface area contributed by atoms with Crippen molar-refractivity contribution in [2.24, 2.45) is 0 Å². The van der Waals surface area contributed by atoms with Gasteiger partial charge in [0.1, 0.15) is 0 Å². The Morgan fingerprint density at radius 1 is 1.20 bits per heavy atom. The third kappa shape index (κ3) is 6.05. The van der Waals surface area contributed by atoms with Crippen molar-refractivity contribution in [1.29, 1.82) is 0 Å². The number of urea groups is 1. The molecule has 25 heavy (non-hydrogen) atoms. The van der Waals surface area contributed by atoms with Crippen LogP contribution in [0, 0.1) is 0 Å². The molecule has 1 aromatic carbocycles. The molecule has 1 aromatic heterocycles. The number of nitrogens with one attached hydrogen (secondary N) is 2. The summed E-state index contributed by atoms with van der Waals surface area (Å²) in [7, 11) is 0. The molecule has 0 aliphatic rings. The second kappa shape index (κ2) is 9.16. The number of esters is 1. The fourth-order valence-corrected chi connectivity index (χ4v) is 1.89. The normalized spacial score (nSPS) is 10.1. The van der Waals surface area contributed by atoms with Gasteiger partial charge in [0.05, 0.1) is 12.7 Å². The third-order valence-corrected chi connectivity index (χ3v) is 3.06. The molecule has 2 rings (SSSR count). The van der Waals surface area contributed by atoms with Gasteiger partial charge >= 0.3 is 12.0 Å². The molecule has 3 amide bonds. The van der Waals surface area contributed by atoms with Crippen LogP contribution in [0.4, 0.5) is 4.79 Å². The first-order chi connectivity index (χ1) is 12.1. The Hall–Kier alpha value is -3.23. The lowest BCUT2D eigenvalue weighted by Crippen LogP contribution is -2.41. The quantitative estimate of drug-likeness (QED) is 0.715. The van der Waals surface area contributed by atoms with Gasteiger partial charge in [-0.1, -0.05) is 42.5 Å². The second-order valence-electron chi connectivity index (χ2n) is 5.17. The summed E-state index contributed by atoms with van der Waals surface area (Å²) in [5.74, 6) is -1.51. The van der Waals surface area contributed by atoms with E-state index in [-0.39, 0.29) is 5.69 Å². The van der Waals surface area contributed by atoms with E-state index in [2.05, 4.69) is 20.9 Å². The first-order valence-corrected chi connectivity index (χ1v) is 7.77. The van der Waals surface area contributed by atoms with Crippen LogP contribution < -0.4 is 10.6 Å². The van der Waals surface area contributed by atoms with Crippen molar-refractivity contribution in [3.63, 3.8) is 0 Å². The molecule has 2 N–H and O–H groups in total. The van der Waals surface area contributed by atoms with E-state index in [0.29, 0.717) is 13.1 Å². The van der Waals surface area contributed by atoms with Gasteiger partial charge in [-0.05, 0) is 12.0 Å². The number of nitrogens with zero attached hydrogens (tertiary/aromatic N) is 3. The Bertz CT molecular complexity index is 729. The van der Waals surface area contributed by atoms with Crippen LogP contribution in [-0.4, -0.2) is 46.1 Å². The van der Waals surface area contributed by atoms with E-state index < -0.39 is 24.5 Å². The van der Waals surface area contributed by atoms with Crippen molar-refractivity contribution in [2.45, 2.75) is 19.9 Å². The zero-order valence-electron chi connectivity index (χ0n) is 13.8. The molecule has 9 nitrogen and oxygen atoms in total. The third-order valence-electron chi connectivity index (χ3n) is 3.06. The lowest BCUT2D eigenvalue weighted by Gasteiger charge is -2.05. The zero-order valence-corrected chi connectivity index (χ0v) is 13.8. The molecule has 0 radical (unpaired) electrons. The average Bonchev–Trinajstić information content (AvgIpc) is 3.07. The molecule has 0 spiro atoms. The van der Waals surface area contributed by atoms with Crippen LogP contribution in [0.3, 0.4) is 0 Å². The predicted octanol–water partition coefficient (Wildman–Crippen LogP) is 0.719. The number of carbonyl (C=O) groups excluding carboxylic acids is 3. The highest BCUT2D eigenvalue weighted by Crippen LogP contribution is 2.03. The minimum absolute atomic E-state index is 0.0147. The Morgan fingerprint density at radius 2 is 1.96 bits per heavy atom. The molecule has 132 valence electrons. The average molecular weight is 345 g/mol. The Balaban J connectivity index is 1.79. The summed E-state index contributed by atoms with van der Waals surface area (Å²) in [6.07, 6.45) is 2.18. The van der Waals surface area contributed by atoms with Crippen molar-refractivity contribution < 1.29 is 19.1 Å². The van der Waals surface area contributed by atoms with Crippen LogP contribution in [0.5, 0.6) is 0 Å². The molecule has 0 unspecified atom stereocenters. The molecule has 0 atom stereocenters. The lowest BCUT2D eigenvalue weighted by atomic mass is 10.2. The summed E-state index contributed by atoms with van der Waals surface area (Å²) in [6.45, 7) is 2.21. The standard InChI is InChI=1S/C16H19N5O4/c1-2-8-17-16(24)18-14(22)11-25-15(23)13-10-21(20-19-13)9-12-6-4-3-5-7-12/h3-7,10H,2,8-9,11H2,1H3,(H2,17,18,22,24). The number of amides is 3. The van der Waals surface area contributed by atoms with Gasteiger partial charge in [0.15, 0.2) is 12.3 Å².